The van der Waals surface area contributed by atoms with Gasteiger partial charge in [0.15, 0.2) is 0 Å². The normalized spacial score (nSPS) is 16.1. The first-order valence-electron chi connectivity index (χ1n) is 7.59. The van der Waals surface area contributed by atoms with Gasteiger partial charge in [-0.1, -0.05) is 41.9 Å². The van der Waals surface area contributed by atoms with Gasteiger partial charge in [0.25, 0.3) is 0 Å². The zero-order valence-electron chi connectivity index (χ0n) is 12.9. The van der Waals surface area contributed by atoms with Crippen molar-refractivity contribution in [3.8, 4) is 0 Å². The second kappa shape index (κ2) is 6.83. The Morgan fingerprint density at radius 3 is 2.58 bits per heavy atom. The van der Waals surface area contributed by atoms with Crippen LogP contribution in [0, 0.1) is 0 Å². The van der Waals surface area contributed by atoms with E-state index in [4.69, 9.17) is 11.6 Å². The molecule has 1 amide bonds. The van der Waals surface area contributed by atoms with Crippen LogP contribution >= 0.6 is 11.6 Å². The Balaban J connectivity index is 1.78. The minimum atomic E-state index is -3.27. The number of benzene rings is 2. The van der Waals surface area contributed by atoms with Crippen LogP contribution in [-0.4, -0.2) is 26.6 Å². The van der Waals surface area contributed by atoms with Crippen LogP contribution < -0.4 is 9.62 Å². The lowest BCUT2D eigenvalue weighted by atomic mass is 10.1. The van der Waals surface area contributed by atoms with E-state index < -0.39 is 10.0 Å². The van der Waals surface area contributed by atoms with Crippen LogP contribution in [0.15, 0.2) is 48.5 Å². The van der Waals surface area contributed by atoms with Gasteiger partial charge in [0.05, 0.1) is 28.6 Å². The predicted molar refractivity (Wildman–Crippen MR) is 96.0 cm³/mol. The summed E-state index contributed by atoms with van der Waals surface area (Å²) < 4.78 is 25.4. The van der Waals surface area contributed by atoms with Crippen LogP contribution in [0.25, 0.3) is 0 Å². The molecule has 3 rings (SSSR count). The summed E-state index contributed by atoms with van der Waals surface area (Å²) in [6, 6.07) is 14.2. The summed E-state index contributed by atoms with van der Waals surface area (Å²) in [6.07, 6.45) is 0.823. The van der Waals surface area contributed by atoms with Crippen LogP contribution in [-0.2, 0) is 21.2 Å². The van der Waals surface area contributed by atoms with Gasteiger partial charge in [-0.05, 0) is 30.2 Å². The number of nitrogens with zero attached hydrogens (tertiary/aromatic N) is 1. The van der Waals surface area contributed by atoms with E-state index in [0.717, 1.165) is 5.56 Å². The highest BCUT2D eigenvalue weighted by atomic mass is 35.5. The van der Waals surface area contributed by atoms with Crippen molar-refractivity contribution in [1.29, 1.82) is 0 Å². The lowest BCUT2D eigenvalue weighted by molar-refractivity contribution is -0.115. The molecule has 1 heterocycles. The Labute approximate surface area is 146 Å². The zero-order chi connectivity index (χ0) is 17.2. The molecule has 1 aliphatic heterocycles. The molecule has 24 heavy (non-hydrogen) atoms. The molecule has 0 atom stereocenters. The summed E-state index contributed by atoms with van der Waals surface area (Å²) in [6.45, 7) is 0.446. The lowest BCUT2D eigenvalue weighted by Crippen LogP contribution is -2.25. The van der Waals surface area contributed by atoms with Crippen LogP contribution in [0.1, 0.15) is 12.0 Å². The topological polar surface area (TPSA) is 66.5 Å². The minimum absolute atomic E-state index is 0.144. The maximum absolute atomic E-state index is 12.2. The van der Waals surface area contributed by atoms with E-state index >= 15 is 0 Å². The van der Waals surface area contributed by atoms with E-state index in [9.17, 15) is 13.2 Å². The van der Waals surface area contributed by atoms with Gasteiger partial charge in [-0.25, -0.2) is 8.42 Å². The van der Waals surface area contributed by atoms with Gasteiger partial charge in [0.1, 0.15) is 0 Å². The van der Waals surface area contributed by atoms with Crippen molar-refractivity contribution in [3.63, 3.8) is 0 Å². The van der Waals surface area contributed by atoms with Crippen LogP contribution in [0.4, 0.5) is 11.4 Å². The molecule has 1 fully saturated rings. The highest BCUT2D eigenvalue weighted by molar-refractivity contribution is 7.93. The number of carbonyl (C=O) groups is 1. The molecule has 0 spiro atoms. The van der Waals surface area contributed by atoms with E-state index in [1.54, 1.807) is 18.2 Å². The molecule has 7 heteroatoms. The molecule has 2 aromatic rings. The Hall–Kier alpha value is -2.05. The largest absolute Gasteiger partial charge is 0.324 e. The Morgan fingerprint density at radius 2 is 1.92 bits per heavy atom. The number of rotatable bonds is 4. The van der Waals surface area contributed by atoms with E-state index in [-0.39, 0.29) is 18.1 Å². The van der Waals surface area contributed by atoms with Crippen molar-refractivity contribution in [1.82, 2.24) is 0 Å². The summed E-state index contributed by atoms with van der Waals surface area (Å²) in [4.78, 5) is 12.2. The minimum Gasteiger partial charge on any atom is -0.324 e. The molecule has 0 aromatic heterocycles. The molecule has 0 saturated carbocycles. The molecule has 0 bridgehead atoms. The smallest absolute Gasteiger partial charge is 0.235 e. The van der Waals surface area contributed by atoms with Crippen LogP contribution in [0.2, 0.25) is 5.02 Å². The van der Waals surface area contributed by atoms with Gasteiger partial charge in [0.2, 0.25) is 15.9 Å². The maximum atomic E-state index is 12.2. The molecule has 1 N–H and O–H groups in total. The fraction of sp³-hybridized carbons (Fsp3) is 0.235. The van der Waals surface area contributed by atoms with Gasteiger partial charge < -0.3 is 5.32 Å². The summed E-state index contributed by atoms with van der Waals surface area (Å²) in [7, 11) is -3.27. The molecular formula is C17H17ClN2O3S. The van der Waals surface area contributed by atoms with Crippen molar-refractivity contribution >= 4 is 38.9 Å². The van der Waals surface area contributed by atoms with Crippen molar-refractivity contribution < 1.29 is 13.2 Å². The first-order chi connectivity index (χ1) is 11.5. The first-order valence-corrected chi connectivity index (χ1v) is 9.58. The predicted octanol–water partition coefficient (Wildman–Crippen LogP) is 3.06. The summed E-state index contributed by atoms with van der Waals surface area (Å²) in [5.41, 5.74) is 1.83. The third kappa shape index (κ3) is 3.71. The molecule has 0 aliphatic carbocycles. The quantitative estimate of drug-likeness (QED) is 0.906. The van der Waals surface area contributed by atoms with Gasteiger partial charge in [0, 0.05) is 6.54 Å². The van der Waals surface area contributed by atoms with E-state index in [2.05, 4.69) is 5.32 Å². The van der Waals surface area contributed by atoms with Crippen molar-refractivity contribution in [2.45, 2.75) is 12.8 Å². The summed E-state index contributed by atoms with van der Waals surface area (Å²) in [5, 5.41) is 3.13. The number of sulfonamides is 1. The third-order valence-electron chi connectivity index (χ3n) is 3.82. The summed E-state index contributed by atoms with van der Waals surface area (Å²) in [5.74, 6) is -0.0600. The average Bonchev–Trinajstić information content (AvgIpc) is 2.90. The first kappa shape index (κ1) is 16.8. The fourth-order valence-electron chi connectivity index (χ4n) is 2.67. The molecule has 1 saturated heterocycles. The van der Waals surface area contributed by atoms with Gasteiger partial charge in [-0.3, -0.25) is 9.10 Å². The molecule has 0 radical (unpaired) electrons. The standard InChI is InChI=1S/C17H17ClN2O3S/c18-15-8-7-14(20-9-4-10-24(20,22)23)12-16(15)19-17(21)11-13-5-2-1-3-6-13/h1-3,5-8,12H,4,9-11H2,(H,19,21). The molecule has 5 nitrogen and oxygen atoms in total. The number of anilines is 2. The van der Waals surface area contributed by atoms with Crippen molar-refractivity contribution in [3.05, 3.63) is 59.1 Å². The Morgan fingerprint density at radius 1 is 1.17 bits per heavy atom. The molecular weight excluding hydrogens is 348 g/mol. The average molecular weight is 365 g/mol. The van der Waals surface area contributed by atoms with Crippen molar-refractivity contribution in [2.75, 3.05) is 21.9 Å². The second-order valence-electron chi connectivity index (χ2n) is 5.62. The van der Waals surface area contributed by atoms with E-state index in [1.807, 2.05) is 30.3 Å². The second-order valence-corrected chi connectivity index (χ2v) is 8.04. The maximum Gasteiger partial charge on any atom is 0.235 e. The highest BCUT2D eigenvalue weighted by Gasteiger charge is 2.28. The van der Waals surface area contributed by atoms with Gasteiger partial charge in [-0.15, -0.1) is 0 Å². The van der Waals surface area contributed by atoms with Gasteiger partial charge in [-0.2, -0.15) is 0 Å². The Bertz CT molecular complexity index is 853. The number of nitrogens with one attached hydrogen (secondary N) is 1. The number of hydrogen-bond donors (Lipinski definition) is 1. The number of carbonyl (C=O) groups excluding carboxylic acids is 1. The zero-order valence-corrected chi connectivity index (χ0v) is 14.5. The van der Waals surface area contributed by atoms with Crippen LogP contribution in [0.3, 0.4) is 0 Å². The molecule has 1 aliphatic rings. The van der Waals surface area contributed by atoms with E-state index in [0.29, 0.717) is 29.4 Å². The van der Waals surface area contributed by atoms with E-state index in [1.165, 1.54) is 4.31 Å². The monoisotopic (exact) mass is 364 g/mol. The van der Waals surface area contributed by atoms with Crippen LogP contribution in [0.5, 0.6) is 0 Å². The third-order valence-corrected chi connectivity index (χ3v) is 6.02. The number of amides is 1. The molecule has 2 aromatic carbocycles. The SMILES string of the molecule is O=C(Cc1ccccc1)Nc1cc(N2CCCS2(=O)=O)ccc1Cl. The fourth-order valence-corrected chi connectivity index (χ4v) is 4.39. The summed E-state index contributed by atoms with van der Waals surface area (Å²) >= 11 is 6.14. The highest BCUT2D eigenvalue weighted by Crippen LogP contribution is 2.31. The van der Waals surface area contributed by atoms with Gasteiger partial charge >= 0.3 is 0 Å². The molecule has 126 valence electrons. The number of hydrogen-bond acceptors (Lipinski definition) is 3. The van der Waals surface area contributed by atoms with Crippen molar-refractivity contribution in [2.24, 2.45) is 0 Å². The number of halogens is 1. The Kier molecular flexibility index (Phi) is 4.78. The lowest BCUT2D eigenvalue weighted by Gasteiger charge is -2.18. The molecule has 0 unspecified atom stereocenters.